The fourth-order valence-corrected chi connectivity index (χ4v) is 1.70. The lowest BCUT2D eigenvalue weighted by Crippen LogP contribution is -2.37. The third-order valence-corrected chi connectivity index (χ3v) is 2.62. The molecular formula is C9H12N2. The lowest BCUT2D eigenvalue weighted by atomic mass is 9.60. The van der Waals surface area contributed by atoms with E-state index >= 15 is 0 Å². The van der Waals surface area contributed by atoms with Crippen LogP contribution in [-0.2, 0) is 0 Å². The van der Waals surface area contributed by atoms with Crippen molar-refractivity contribution in [1.82, 2.24) is 0 Å². The molecule has 0 aromatic rings. The Morgan fingerprint density at radius 3 is 2.36 bits per heavy atom. The summed E-state index contributed by atoms with van der Waals surface area (Å²) in [5.41, 5.74) is -0.615. The second kappa shape index (κ2) is 2.93. The molecule has 0 aliphatic heterocycles. The maximum Gasteiger partial charge on any atom is 0.146 e. The van der Waals surface area contributed by atoms with Crippen LogP contribution in [0.1, 0.15) is 32.6 Å². The quantitative estimate of drug-likeness (QED) is 0.602. The maximum absolute atomic E-state index is 8.76. The van der Waals surface area contributed by atoms with E-state index in [1.54, 1.807) is 0 Å². The summed E-state index contributed by atoms with van der Waals surface area (Å²) in [4.78, 5) is 0. The Morgan fingerprint density at radius 1 is 1.45 bits per heavy atom. The minimum atomic E-state index is -0.615. The van der Waals surface area contributed by atoms with Gasteiger partial charge in [-0.3, -0.25) is 0 Å². The minimum absolute atomic E-state index is 0.350. The molecule has 0 saturated heterocycles. The molecule has 0 bridgehead atoms. The molecule has 0 heterocycles. The predicted octanol–water partition coefficient (Wildman–Crippen LogP) is 2.23. The van der Waals surface area contributed by atoms with E-state index in [1.807, 2.05) is 0 Å². The Bertz CT molecular complexity index is 205. The van der Waals surface area contributed by atoms with Gasteiger partial charge in [-0.2, -0.15) is 10.5 Å². The lowest BCUT2D eigenvalue weighted by Gasteiger charge is -2.38. The summed E-state index contributed by atoms with van der Waals surface area (Å²) < 4.78 is 0. The molecule has 0 spiro atoms. The van der Waals surface area contributed by atoms with Crippen molar-refractivity contribution in [3.8, 4) is 12.1 Å². The molecule has 1 fully saturated rings. The highest BCUT2D eigenvalue weighted by Gasteiger charge is 2.46. The average Bonchev–Trinajstić information content (AvgIpc) is 2.01. The van der Waals surface area contributed by atoms with Crippen molar-refractivity contribution in [2.24, 2.45) is 11.3 Å². The number of hydrogen-bond donors (Lipinski definition) is 0. The Hall–Kier alpha value is -1.02. The molecule has 1 aliphatic rings. The summed E-state index contributed by atoms with van der Waals surface area (Å²) in [7, 11) is 0. The van der Waals surface area contributed by atoms with E-state index in [1.165, 1.54) is 0 Å². The maximum atomic E-state index is 8.76. The minimum Gasteiger partial charge on any atom is -0.197 e. The second-order valence-corrected chi connectivity index (χ2v) is 3.22. The Morgan fingerprint density at radius 2 is 2.09 bits per heavy atom. The highest BCUT2D eigenvalue weighted by Crippen LogP contribution is 2.47. The largest absolute Gasteiger partial charge is 0.197 e. The summed E-state index contributed by atoms with van der Waals surface area (Å²) in [6.45, 7) is 2.10. The fourth-order valence-electron chi connectivity index (χ4n) is 1.70. The van der Waals surface area contributed by atoms with Crippen LogP contribution in [0.25, 0.3) is 0 Å². The first kappa shape index (κ1) is 8.08. The Kier molecular flexibility index (Phi) is 2.15. The molecule has 0 N–H and O–H groups in total. The van der Waals surface area contributed by atoms with E-state index in [4.69, 9.17) is 10.5 Å². The molecule has 1 atom stereocenters. The number of nitriles is 2. The topological polar surface area (TPSA) is 47.6 Å². The lowest BCUT2D eigenvalue weighted by molar-refractivity contribution is 0.145. The molecule has 0 amide bonds. The standard InChI is InChI=1S/C9H12N2/c1-2-3-8-4-5-9(8,6-10)7-11/h8H,2-5H2,1H3. The number of hydrogen-bond acceptors (Lipinski definition) is 2. The van der Waals surface area contributed by atoms with Crippen molar-refractivity contribution in [2.75, 3.05) is 0 Å². The summed E-state index contributed by atoms with van der Waals surface area (Å²) >= 11 is 0. The normalized spacial score (nSPS) is 26.3. The van der Waals surface area contributed by atoms with E-state index in [9.17, 15) is 0 Å². The monoisotopic (exact) mass is 148 g/mol. The number of rotatable bonds is 2. The van der Waals surface area contributed by atoms with E-state index in [0.717, 1.165) is 25.7 Å². The van der Waals surface area contributed by atoms with Crippen LogP contribution in [0.5, 0.6) is 0 Å². The van der Waals surface area contributed by atoms with Gasteiger partial charge in [0.2, 0.25) is 0 Å². The molecule has 1 unspecified atom stereocenters. The van der Waals surface area contributed by atoms with E-state index < -0.39 is 5.41 Å². The Labute approximate surface area is 67.4 Å². The molecular weight excluding hydrogens is 136 g/mol. The number of nitrogens with zero attached hydrogens (tertiary/aromatic N) is 2. The molecule has 58 valence electrons. The molecule has 2 heteroatoms. The van der Waals surface area contributed by atoms with E-state index in [2.05, 4.69) is 19.1 Å². The Balaban J connectivity index is 2.61. The van der Waals surface area contributed by atoms with E-state index in [-0.39, 0.29) is 0 Å². The molecule has 0 aromatic heterocycles. The van der Waals surface area contributed by atoms with Gasteiger partial charge >= 0.3 is 0 Å². The molecule has 1 aliphatic carbocycles. The molecule has 11 heavy (non-hydrogen) atoms. The summed E-state index contributed by atoms with van der Waals surface area (Å²) in [6, 6.07) is 4.28. The van der Waals surface area contributed by atoms with Gasteiger partial charge in [0, 0.05) is 0 Å². The predicted molar refractivity (Wildman–Crippen MR) is 41.3 cm³/mol. The summed E-state index contributed by atoms with van der Waals surface area (Å²) in [5.74, 6) is 0.350. The van der Waals surface area contributed by atoms with Gasteiger partial charge in [-0.15, -0.1) is 0 Å². The molecule has 1 rings (SSSR count). The summed E-state index contributed by atoms with van der Waals surface area (Å²) in [5, 5.41) is 17.5. The van der Waals surface area contributed by atoms with Crippen molar-refractivity contribution in [3.05, 3.63) is 0 Å². The molecule has 1 saturated carbocycles. The van der Waals surface area contributed by atoms with Crippen LogP contribution in [0.4, 0.5) is 0 Å². The van der Waals surface area contributed by atoms with Crippen molar-refractivity contribution >= 4 is 0 Å². The van der Waals surface area contributed by atoms with Gasteiger partial charge in [0.1, 0.15) is 5.41 Å². The van der Waals surface area contributed by atoms with Crippen molar-refractivity contribution in [1.29, 1.82) is 10.5 Å². The van der Waals surface area contributed by atoms with Crippen LogP contribution in [0.3, 0.4) is 0 Å². The third kappa shape index (κ3) is 1.10. The smallest absolute Gasteiger partial charge is 0.146 e. The van der Waals surface area contributed by atoms with Gasteiger partial charge in [-0.1, -0.05) is 13.3 Å². The van der Waals surface area contributed by atoms with Crippen LogP contribution in [0.2, 0.25) is 0 Å². The van der Waals surface area contributed by atoms with Crippen LogP contribution >= 0.6 is 0 Å². The first-order valence-electron chi connectivity index (χ1n) is 4.11. The third-order valence-electron chi connectivity index (χ3n) is 2.62. The SMILES string of the molecule is CCCC1CCC1(C#N)C#N. The van der Waals surface area contributed by atoms with Gasteiger partial charge < -0.3 is 0 Å². The summed E-state index contributed by atoms with van der Waals surface area (Å²) in [6.07, 6.45) is 3.95. The molecule has 0 aromatic carbocycles. The van der Waals surface area contributed by atoms with Crippen LogP contribution < -0.4 is 0 Å². The zero-order valence-corrected chi connectivity index (χ0v) is 6.80. The van der Waals surface area contributed by atoms with E-state index in [0.29, 0.717) is 5.92 Å². The zero-order valence-electron chi connectivity index (χ0n) is 6.80. The van der Waals surface area contributed by atoms with Crippen molar-refractivity contribution in [2.45, 2.75) is 32.6 Å². The van der Waals surface area contributed by atoms with Crippen LogP contribution in [-0.4, -0.2) is 0 Å². The average molecular weight is 148 g/mol. The van der Waals surface area contributed by atoms with Gasteiger partial charge in [-0.05, 0) is 25.2 Å². The highest BCUT2D eigenvalue weighted by atomic mass is 14.5. The van der Waals surface area contributed by atoms with Gasteiger partial charge in [-0.25, -0.2) is 0 Å². The van der Waals surface area contributed by atoms with Crippen molar-refractivity contribution < 1.29 is 0 Å². The first-order valence-corrected chi connectivity index (χ1v) is 4.11. The van der Waals surface area contributed by atoms with Gasteiger partial charge in [0.25, 0.3) is 0 Å². The van der Waals surface area contributed by atoms with Crippen LogP contribution in [0.15, 0.2) is 0 Å². The second-order valence-electron chi connectivity index (χ2n) is 3.22. The zero-order chi connectivity index (χ0) is 8.32. The van der Waals surface area contributed by atoms with Gasteiger partial charge in [0.05, 0.1) is 12.1 Å². The molecule has 2 nitrogen and oxygen atoms in total. The van der Waals surface area contributed by atoms with Gasteiger partial charge in [0.15, 0.2) is 0 Å². The van der Waals surface area contributed by atoms with Crippen LogP contribution in [0, 0.1) is 34.0 Å². The fraction of sp³-hybridized carbons (Fsp3) is 0.778. The molecule has 0 radical (unpaired) electrons. The van der Waals surface area contributed by atoms with Crippen molar-refractivity contribution in [3.63, 3.8) is 0 Å². The highest BCUT2D eigenvalue weighted by molar-refractivity contribution is 5.21. The first-order chi connectivity index (χ1) is 5.29.